The van der Waals surface area contributed by atoms with Crippen LogP contribution in [0.15, 0.2) is 36.7 Å². The van der Waals surface area contributed by atoms with Gasteiger partial charge in [0.15, 0.2) is 0 Å². The number of aromatic nitrogens is 1. The van der Waals surface area contributed by atoms with E-state index in [1.807, 2.05) is 36.1 Å². The molecule has 1 N–H and O–H groups in total. The van der Waals surface area contributed by atoms with Crippen molar-refractivity contribution in [1.29, 1.82) is 0 Å². The Morgan fingerprint density at radius 3 is 2.51 bits per heavy atom. The number of nitrogens with zero attached hydrogens (tertiary/aromatic N) is 3. The Labute approximate surface area is 208 Å². The van der Waals surface area contributed by atoms with Crippen LogP contribution in [0.4, 0.5) is 11.4 Å². The Morgan fingerprint density at radius 2 is 1.77 bits per heavy atom. The predicted octanol–water partition coefficient (Wildman–Crippen LogP) is 4.94. The fourth-order valence-electron chi connectivity index (χ4n) is 5.13. The van der Waals surface area contributed by atoms with Crippen molar-refractivity contribution < 1.29 is 14.3 Å². The van der Waals surface area contributed by atoms with Crippen LogP contribution in [0.2, 0.25) is 0 Å². The summed E-state index contributed by atoms with van der Waals surface area (Å²) in [4.78, 5) is 34.4. The molecule has 0 saturated carbocycles. The molecule has 7 nitrogen and oxygen atoms in total. The zero-order chi connectivity index (χ0) is 24.6. The Morgan fingerprint density at radius 1 is 1.03 bits per heavy atom. The molecule has 0 radical (unpaired) electrons. The van der Waals surface area contributed by atoms with Gasteiger partial charge in [-0.2, -0.15) is 0 Å². The van der Waals surface area contributed by atoms with E-state index >= 15 is 0 Å². The van der Waals surface area contributed by atoms with Crippen molar-refractivity contribution in [3.05, 3.63) is 53.3 Å². The lowest BCUT2D eigenvalue weighted by molar-refractivity contribution is -0.116. The third-order valence-corrected chi connectivity index (χ3v) is 7.21. The molecule has 1 saturated heterocycles. The van der Waals surface area contributed by atoms with E-state index in [9.17, 15) is 9.59 Å². The summed E-state index contributed by atoms with van der Waals surface area (Å²) in [5.74, 6) is -0.119. The van der Waals surface area contributed by atoms with E-state index in [-0.39, 0.29) is 11.8 Å². The number of ether oxygens (including phenoxy) is 1. The summed E-state index contributed by atoms with van der Waals surface area (Å²) in [6, 6.07) is 8.10. The second-order valence-corrected chi connectivity index (χ2v) is 9.74. The van der Waals surface area contributed by atoms with E-state index in [0.29, 0.717) is 23.8 Å². The van der Waals surface area contributed by atoms with Gasteiger partial charge in [-0.05, 0) is 74.5 Å². The van der Waals surface area contributed by atoms with Gasteiger partial charge in [-0.25, -0.2) is 0 Å². The van der Waals surface area contributed by atoms with Gasteiger partial charge < -0.3 is 15.0 Å². The molecule has 0 atom stereocenters. The molecule has 2 aliphatic rings. The van der Waals surface area contributed by atoms with Crippen LogP contribution >= 0.6 is 0 Å². The number of hydrogen-bond donors (Lipinski definition) is 1. The molecule has 0 aliphatic carbocycles. The number of pyridine rings is 1. The number of fused-ring (bicyclic) bond motifs is 1. The maximum absolute atomic E-state index is 13.2. The van der Waals surface area contributed by atoms with Crippen molar-refractivity contribution in [3.63, 3.8) is 0 Å². The van der Waals surface area contributed by atoms with Gasteiger partial charge in [0.25, 0.3) is 5.91 Å². The molecule has 188 valence electrons. The molecule has 3 heterocycles. The highest BCUT2D eigenvalue weighted by Gasteiger charge is 2.25. The summed E-state index contributed by atoms with van der Waals surface area (Å²) in [5.41, 5.74) is 4.22. The molecule has 0 spiro atoms. The van der Waals surface area contributed by atoms with Crippen LogP contribution in [-0.2, 0) is 16.1 Å². The maximum Gasteiger partial charge on any atom is 0.255 e. The number of nitrogens with one attached hydrogen (secondary N) is 1. The first-order chi connectivity index (χ1) is 17.0. The third kappa shape index (κ3) is 6.67. The zero-order valence-electron chi connectivity index (χ0n) is 21.1. The highest BCUT2D eigenvalue weighted by molar-refractivity contribution is 6.05. The minimum absolute atomic E-state index is 0.0455. The fourth-order valence-corrected chi connectivity index (χ4v) is 5.13. The Kier molecular flexibility index (Phi) is 8.88. The van der Waals surface area contributed by atoms with Crippen molar-refractivity contribution in [2.75, 3.05) is 36.5 Å². The third-order valence-electron chi connectivity index (χ3n) is 7.21. The standard InChI is InChI=1S/C28H38N4O3/c1-21-10-13-29-19-26(21)30-28(34)23-8-9-27-24(18-23)20-31(25-11-16-35-17-12-25)14-6-4-3-5-7-15-32(27)22(2)33/h8-10,13,18-19,25H,3-7,11-12,14-17,20H2,1-2H3,(H,30,34). The molecule has 0 bridgehead atoms. The smallest absolute Gasteiger partial charge is 0.255 e. The average Bonchev–Trinajstić information content (AvgIpc) is 2.86. The summed E-state index contributed by atoms with van der Waals surface area (Å²) >= 11 is 0. The van der Waals surface area contributed by atoms with E-state index < -0.39 is 0 Å². The molecule has 4 rings (SSSR count). The Bertz CT molecular complexity index is 1020. The van der Waals surface area contributed by atoms with Crippen molar-refractivity contribution in [2.24, 2.45) is 0 Å². The van der Waals surface area contributed by atoms with Crippen LogP contribution in [0.1, 0.15) is 73.4 Å². The van der Waals surface area contributed by atoms with Gasteiger partial charge in [-0.1, -0.05) is 19.3 Å². The number of hydrogen-bond acceptors (Lipinski definition) is 5. The second-order valence-electron chi connectivity index (χ2n) is 9.74. The molecule has 7 heteroatoms. The molecule has 2 aromatic rings. The van der Waals surface area contributed by atoms with Crippen molar-refractivity contribution in [2.45, 2.75) is 71.4 Å². The lowest BCUT2D eigenvalue weighted by Crippen LogP contribution is -2.40. The van der Waals surface area contributed by atoms with Gasteiger partial charge >= 0.3 is 0 Å². The zero-order valence-corrected chi connectivity index (χ0v) is 21.1. The second kappa shape index (κ2) is 12.3. The van der Waals surface area contributed by atoms with Crippen LogP contribution in [0, 0.1) is 6.92 Å². The number of benzene rings is 1. The first-order valence-corrected chi connectivity index (χ1v) is 13.0. The van der Waals surface area contributed by atoms with Crippen LogP contribution in [-0.4, -0.2) is 54.0 Å². The van der Waals surface area contributed by atoms with E-state index in [2.05, 4.69) is 15.2 Å². The summed E-state index contributed by atoms with van der Waals surface area (Å²) < 4.78 is 5.62. The average molecular weight is 479 g/mol. The number of amides is 2. The van der Waals surface area contributed by atoms with E-state index in [1.54, 1.807) is 19.3 Å². The van der Waals surface area contributed by atoms with Crippen LogP contribution < -0.4 is 10.2 Å². The molecular formula is C28H38N4O3. The molecular weight excluding hydrogens is 440 g/mol. The summed E-state index contributed by atoms with van der Waals surface area (Å²) in [7, 11) is 0. The van der Waals surface area contributed by atoms with E-state index in [0.717, 1.165) is 68.8 Å². The molecule has 2 amide bonds. The SMILES string of the molecule is CC(=O)N1CCCCCCCN(C2CCOCC2)Cc2cc(C(=O)Nc3cnccc3C)ccc21. The normalized spacial score (nSPS) is 18.7. The lowest BCUT2D eigenvalue weighted by atomic mass is 10.0. The van der Waals surface area contributed by atoms with Crippen LogP contribution in [0.25, 0.3) is 0 Å². The number of aryl methyl sites for hydroxylation is 1. The molecule has 0 unspecified atom stereocenters. The Balaban J connectivity index is 1.67. The van der Waals surface area contributed by atoms with E-state index in [1.165, 1.54) is 19.3 Å². The van der Waals surface area contributed by atoms with Gasteiger partial charge in [-0.3, -0.25) is 19.5 Å². The first-order valence-electron chi connectivity index (χ1n) is 13.0. The monoisotopic (exact) mass is 478 g/mol. The van der Waals surface area contributed by atoms with Crippen molar-refractivity contribution in [1.82, 2.24) is 9.88 Å². The van der Waals surface area contributed by atoms with Gasteiger partial charge in [-0.15, -0.1) is 0 Å². The predicted molar refractivity (Wildman–Crippen MR) is 139 cm³/mol. The molecule has 1 aromatic heterocycles. The lowest BCUT2D eigenvalue weighted by Gasteiger charge is -2.36. The van der Waals surface area contributed by atoms with Gasteiger partial charge in [0.2, 0.25) is 5.91 Å². The van der Waals surface area contributed by atoms with Crippen LogP contribution in [0.3, 0.4) is 0 Å². The van der Waals surface area contributed by atoms with Crippen molar-refractivity contribution >= 4 is 23.2 Å². The quantitative estimate of drug-likeness (QED) is 0.676. The number of carbonyl (C=O) groups excluding carboxylic acids is 2. The minimum atomic E-state index is -0.165. The van der Waals surface area contributed by atoms with Gasteiger partial charge in [0.1, 0.15) is 0 Å². The van der Waals surface area contributed by atoms with Crippen molar-refractivity contribution in [3.8, 4) is 0 Å². The minimum Gasteiger partial charge on any atom is -0.381 e. The van der Waals surface area contributed by atoms with Gasteiger partial charge in [0.05, 0.1) is 11.9 Å². The molecule has 1 fully saturated rings. The Hall–Kier alpha value is -2.77. The number of rotatable bonds is 3. The highest BCUT2D eigenvalue weighted by Crippen LogP contribution is 2.28. The summed E-state index contributed by atoms with van der Waals surface area (Å²) in [6.07, 6.45) is 11.1. The highest BCUT2D eigenvalue weighted by atomic mass is 16.5. The molecule has 35 heavy (non-hydrogen) atoms. The fraction of sp³-hybridized carbons (Fsp3) is 0.536. The number of anilines is 2. The number of carbonyl (C=O) groups is 2. The van der Waals surface area contributed by atoms with E-state index in [4.69, 9.17) is 4.74 Å². The van der Waals surface area contributed by atoms with Gasteiger partial charge in [0, 0.05) is 56.7 Å². The first kappa shape index (κ1) is 25.3. The summed E-state index contributed by atoms with van der Waals surface area (Å²) in [6.45, 7) is 7.62. The molecule has 2 aliphatic heterocycles. The topological polar surface area (TPSA) is 74.8 Å². The summed E-state index contributed by atoms with van der Waals surface area (Å²) in [5, 5.41) is 3.00. The largest absolute Gasteiger partial charge is 0.381 e. The maximum atomic E-state index is 13.2. The van der Waals surface area contributed by atoms with Crippen LogP contribution in [0.5, 0.6) is 0 Å². The molecule has 1 aromatic carbocycles.